The molecule has 1 aliphatic rings. The van der Waals surface area contributed by atoms with E-state index in [1.54, 1.807) is 19.2 Å². The summed E-state index contributed by atoms with van der Waals surface area (Å²) in [6.07, 6.45) is 1.68. The lowest BCUT2D eigenvalue weighted by atomic mass is 9.94. The van der Waals surface area contributed by atoms with Gasteiger partial charge in [-0.2, -0.15) is 0 Å². The number of piperidine rings is 1. The molecule has 3 rings (SSSR count). The molecule has 1 aliphatic heterocycles. The first-order valence-electron chi connectivity index (χ1n) is 8.58. The quantitative estimate of drug-likeness (QED) is 0.837. The average molecular weight is 379 g/mol. The summed E-state index contributed by atoms with van der Waals surface area (Å²) in [6.45, 7) is 1.73. The SMILES string of the molecule is COc1ccc(C(NC(=O)C2CCNCC2)c2ccc(F)cc2)cc1.Cl. The van der Waals surface area contributed by atoms with Gasteiger partial charge in [-0.1, -0.05) is 24.3 Å². The van der Waals surface area contributed by atoms with Gasteiger partial charge in [-0.15, -0.1) is 12.4 Å². The zero-order valence-corrected chi connectivity index (χ0v) is 15.5. The molecule has 1 heterocycles. The van der Waals surface area contributed by atoms with Crippen molar-refractivity contribution in [3.63, 3.8) is 0 Å². The maximum atomic E-state index is 13.3. The maximum absolute atomic E-state index is 13.3. The summed E-state index contributed by atoms with van der Waals surface area (Å²) < 4.78 is 18.5. The van der Waals surface area contributed by atoms with E-state index < -0.39 is 0 Å². The Morgan fingerprint density at radius 3 is 2.15 bits per heavy atom. The summed E-state index contributed by atoms with van der Waals surface area (Å²) >= 11 is 0. The van der Waals surface area contributed by atoms with Crippen LogP contribution in [-0.4, -0.2) is 26.1 Å². The summed E-state index contributed by atoms with van der Waals surface area (Å²) in [5.74, 6) is 0.530. The zero-order valence-electron chi connectivity index (χ0n) is 14.7. The highest BCUT2D eigenvalue weighted by atomic mass is 35.5. The third-order valence-electron chi connectivity index (χ3n) is 4.65. The van der Waals surface area contributed by atoms with Crippen LogP contribution in [0.2, 0.25) is 0 Å². The van der Waals surface area contributed by atoms with Crippen LogP contribution in [0.15, 0.2) is 48.5 Å². The Morgan fingerprint density at radius 1 is 1.08 bits per heavy atom. The van der Waals surface area contributed by atoms with Crippen LogP contribution in [0.5, 0.6) is 5.75 Å². The third kappa shape index (κ3) is 4.96. The van der Waals surface area contributed by atoms with Gasteiger partial charge in [-0.25, -0.2) is 4.39 Å². The van der Waals surface area contributed by atoms with Crippen molar-refractivity contribution in [3.8, 4) is 5.75 Å². The summed E-state index contributed by atoms with van der Waals surface area (Å²) in [5, 5.41) is 6.42. The molecule has 0 spiro atoms. The van der Waals surface area contributed by atoms with E-state index in [1.807, 2.05) is 24.3 Å². The molecule has 6 heteroatoms. The number of hydrogen-bond donors (Lipinski definition) is 2. The van der Waals surface area contributed by atoms with Crippen molar-refractivity contribution in [1.82, 2.24) is 10.6 Å². The van der Waals surface area contributed by atoms with Crippen molar-refractivity contribution in [2.75, 3.05) is 20.2 Å². The second-order valence-electron chi connectivity index (χ2n) is 6.29. The van der Waals surface area contributed by atoms with Crippen molar-refractivity contribution in [1.29, 1.82) is 0 Å². The molecule has 140 valence electrons. The summed E-state index contributed by atoms with van der Waals surface area (Å²) in [4.78, 5) is 12.7. The third-order valence-corrected chi connectivity index (χ3v) is 4.65. The van der Waals surface area contributed by atoms with Crippen molar-refractivity contribution in [3.05, 3.63) is 65.5 Å². The van der Waals surface area contributed by atoms with E-state index >= 15 is 0 Å². The number of ether oxygens (including phenoxy) is 1. The van der Waals surface area contributed by atoms with Crippen LogP contribution in [0.25, 0.3) is 0 Å². The average Bonchev–Trinajstić information content (AvgIpc) is 2.67. The van der Waals surface area contributed by atoms with Crippen LogP contribution >= 0.6 is 12.4 Å². The topological polar surface area (TPSA) is 50.4 Å². The van der Waals surface area contributed by atoms with Gasteiger partial charge in [0.2, 0.25) is 5.91 Å². The maximum Gasteiger partial charge on any atom is 0.223 e. The molecular formula is C20H24ClFN2O2. The van der Waals surface area contributed by atoms with Gasteiger partial charge in [-0.3, -0.25) is 4.79 Å². The number of carbonyl (C=O) groups excluding carboxylic acids is 1. The fourth-order valence-electron chi connectivity index (χ4n) is 3.15. The molecule has 1 amide bonds. The minimum atomic E-state index is -0.311. The molecule has 1 unspecified atom stereocenters. The monoisotopic (exact) mass is 378 g/mol. The molecule has 0 bridgehead atoms. The first-order valence-corrected chi connectivity index (χ1v) is 8.58. The number of nitrogens with one attached hydrogen (secondary N) is 2. The number of methoxy groups -OCH3 is 1. The minimum Gasteiger partial charge on any atom is -0.497 e. The van der Waals surface area contributed by atoms with Crippen molar-refractivity contribution in [2.45, 2.75) is 18.9 Å². The van der Waals surface area contributed by atoms with Crippen LogP contribution < -0.4 is 15.4 Å². The molecular weight excluding hydrogens is 355 g/mol. The molecule has 2 aromatic rings. The Bertz CT molecular complexity index is 701. The number of benzene rings is 2. The summed E-state index contributed by atoms with van der Waals surface area (Å²) in [6, 6.07) is 13.5. The van der Waals surface area contributed by atoms with E-state index in [9.17, 15) is 9.18 Å². The van der Waals surface area contributed by atoms with E-state index in [1.165, 1.54) is 12.1 Å². The van der Waals surface area contributed by atoms with Gasteiger partial charge in [0.15, 0.2) is 0 Å². The highest BCUT2D eigenvalue weighted by Gasteiger charge is 2.24. The van der Waals surface area contributed by atoms with Crippen molar-refractivity contribution < 1.29 is 13.9 Å². The van der Waals surface area contributed by atoms with Crippen LogP contribution in [0, 0.1) is 11.7 Å². The van der Waals surface area contributed by atoms with E-state index in [4.69, 9.17) is 4.74 Å². The lowest BCUT2D eigenvalue weighted by Gasteiger charge is -2.26. The highest BCUT2D eigenvalue weighted by molar-refractivity contribution is 5.85. The van der Waals surface area contributed by atoms with Crippen LogP contribution in [-0.2, 0) is 4.79 Å². The lowest BCUT2D eigenvalue weighted by Crippen LogP contribution is -2.40. The standard InChI is InChI=1S/C20H23FN2O2.ClH/c1-25-18-8-4-15(5-9-18)19(14-2-6-17(21)7-3-14)23-20(24)16-10-12-22-13-11-16;/h2-9,16,19,22H,10-13H2,1H3,(H,23,24);1H. The highest BCUT2D eigenvalue weighted by Crippen LogP contribution is 2.25. The van der Waals surface area contributed by atoms with Gasteiger partial charge in [-0.05, 0) is 61.3 Å². The molecule has 2 aromatic carbocycles. The van der Waals surface area contributed by atoms with Crippen LogP contribution in [0.1, 0.15) is 30.0 Å². The summed E-state index contributed by atoms with van der Waals surface area (Å²) in [7, 11) is 1.62. The lowest BCUT2D eigenvalue weighted by molar-refractivity contribution is -0.126. The second kappa shape index (κ2) is 9.55. The largest absolute Gasteiger partial charge is 0.497 e. The molecule has 4 nitrogen and oxygen atoms in total. The first-order chi connectivity index (χ1) is 12.2. The van der Waals surface area contributed by atoms with Gasteiger partial charge in [0.1, 0.15) is 11.6 Å². The van der Waals surface area contributed by atoms with Crippen LogP contribution in [0.3, 0.4) is 0 Å². The fraction of sp³-hybridized carbons (Fsp3) is 0.350. The molecule has 0 saturated carbocycles. The molecule has 0 radical (unpaired) electrons. The number of rotatable bonds is 5. The number of hydrogen-bond acceptors (Lipinski definition) is 3. The van der Waals surface area contributed by atoms with Gasteiger partial charge in [0.05, 0.1) is 13.2 Å². The van der Waals surface area contributed by atoms with Gasteiger partial charge >= 0.3 is 0 Å². The number of carbonyl (C=O) groups is 1. The first kappa shape index (κ1) is 20.2. The van der Waals surface area contributed by atoms with E-state index in [0.717, 1.165) is 42.8 Å². The predicted molar refractivity (Wildman–Crippen MR) is 102 cm³/mol. The van der Waals surface area contributed by atoms with Crippen molar-refractivity contribution in [2.24, 2.45) is 5.92 Å². The molecule has 26 heavy (non-hydrogen) atoms. The number of halogens is 2. The van der Waals surface area contributed by atoms with Gasteiger partial charge < -0.3 is 15.4 Å². The predicted octanol–water partition coefficient (Wildman–Crippen LogP) is 3.46. The number of amides is 1. The second-order valence-corrected chi connectivity index (χ2v) is 6.29. The molecule has 2 N–H and O–H groups in total. The fourth-order valence-corrected chi connectivity index (χ4v) is 3.15. The molecule has 0 aromatic heterocycles. The van der Waals surface area contributed by atoms with E-state index in [0.29, 0.717) is 0 Å². The molecule has 1 fully saturated rings. The Balaban J connectivity index is 0.00000243. The smallest absolute Gasteiger partial charge is 0.223 e. The molecule has 1 atom stereocenters. The minimum absolute atomic E-state index is 0. The van der Waals surface area contributed by atoms with Crippen LogP contribution in [0.4, 0.5) is 4.39 Å². The summed E-state index contributed by atoms with van der Waals surface area (Å²) in [5.41, 5.74) is 1.79. The van der Waals surface area contributed by atoms with E-state index in [2.05, 4.69) is 10.6 Å². The Morgan fingerprint density at radius 2 is 1.62 bits per heavy atom. The zero-order chi connectivity index (χ0) is 17.6. The van der Waals surface area contributed by atoms with Gasteiger partial charge in [0.25, 0.3) is 0 Å². The molecule has 0 aliphatic carbocycles. The normalized spacial score (nSPS) is 15.6. The Hall–Kier alpha value is -2.11. The van der Waals surface area contributed by atoms with Gasteiger partial charge in [0, 0.05) is 5.92 Å². The molecule has 1 saturated heterocycles. The van der Waals surface area contributed by atoms with Crippen molar-refractivity contribution >= 4 is 18.3 Å². The Kier molecular flexibility index (Phi) is 7.42. The van der Waals surface area contributed by atoms with E-state index in [-0.39, 0.29) is 36.1 Å². The Labute approximate surface area is 159 Å².